The summed E-state index contributed by atoms with van der Waals surface area (Å²) in [6.45, 7) is 3.75. The average Bonchev–Trinajstić information content (AvgIpc) is 3.08. The molecular formula is C19H22N2O4. The highest BCUT2D eigenvalue weighted by atomic mass is 16.7. The molecule has 2 amide bonds. The first kappa shape index (κ1) is 17.0. The third kappa shape index (κ3) is 4.35. The minimum Gasteiger partial charge on any atom is -0.494 e. The van der Waals surface area contributed by atoms with Gasteiger partial charge in [-0.3, -0.25) is 0 Å². The van der Waals surface area contributed by atoms with Crippen molar-refractivity contribution in [3.8, 4) is 17.2 Å². The molecule has 1 aliphatic heterocycles. The molecule has 6 heteroatoms. The molecular weight excluding hydrogens is 320 g/mol. The van der Waals surface area contributed by atoms with Crippen LogP contribution >= 0.6 is 0 Å². The first-order valence-electron chi connectivity index (χ1n) is 8.25. The van der Waals surface area contributed by atoms with E-state index in [9.17, 15) is 4.79 Å². The third-order valence-electron chi connectivity index (χ3n) is 3.86. The first-order chi connectivity index (χ1) is 12.2. The summed E-state index contributed by atoms with van der Waals surface area (Å²) in [7, 11) is 1.76. The van der Waals surface area contributed by atoms with Gasteiger partial charge in [-0.1, -0.05) is 18.2 Å². The molecule has 0 spiro atoms. The van der Waals surface area contributed by atoms with E-state index in [1.165, 1.54) is 0 Å². The van der Waals surface area contributed by atoms with Gasteiger partial charge in [0.05, 0.1) is 6.61 Å². The highest BCUT2D eigenvalue weighted by Crippen LogP contribution is 2.32. The minimum atomic E-state index is -0.139. The third-order valence-corrected chi connectivity index (χ3v) is 3.86. The van der Waals surface area contributed by atoms with Crippen LogP contribution in [0.15, 0.2) is 42.5 Å². The Balaban J connectivity index is 1.53. The SMILES string of the molecule is CCOc1cccc(CNC(=O)N(C)Cc2ccc3c(c2)OCO3)c1. The van der Waals surface area contributed by atoms with Crippen molar-refractivity contribution in [3.63, 3.8) is 0 Å². The molecule has 0 radical (unpaired) electrons. The summed E-state index contributed by atoms with van der Waals surface area (Å²) >= 11 is 0. The summed E-state index contributed by atoms with van der Waals surface area (Å²) in [6.07, 6.45) is 0. The number of nitrogens with zero attached hydrogens (tertiary/aromatic N) is 1. The zero-order valence-electron chi connectivity index (χ0n) is 14.5. The van der Waals surface area contributed by atoms with Crippen LogP contribution in [0.5, 0.6) is 17.2 Å². The fourth-order valence-electron chi connectivity index (χ4n) is 2.61. The van der Waals surface area contributed by atoms with Crippen molar-refractivity contribution in [3.05, 3.63) is 53.6 Å². The molecule has 0 fully saturated rings. The molecule has 1 N–H and O–H groups in total. The molecule has 3 rings (SSSR count). The van der Waals surface area contributed by atoms with E-state index in [2.05, 4.69) is 5.32 Å². The molecule has 1 heterocycles. The quantitative estimate of drug-likeness (QED) is 0.876. The van der Waals surface area contributed by atoms with Crippen molar-refractivity contribution in [2.45, 2.75) is 20.0 Å². The Bertz CT molecular complexity index is 748. The van der Waals surface area contributed by atoms with Gasteiger partial charge in [0.1, 0.15) is 5.75 Å². The predicted octanol–water partition coefficient (Wildman–Crippen LogP) is 3.16. The Morgan fingerprint density at radius 3 is 2.84 bits per heavy atom. The summed E-state index contributed by atoms with van der Waals surface area (Å²) in [6, 6.07) is 13.3. The molecule has 0 unspecified atom stereocenters. The van der Waals surface area contributed by atoms with Gasteiger partial charge in [-0.05, 0) is 42.3 Å². The molecule has 0 saturated carbocycles. The fourth-order valence-corrected chi connectivity index (χ4v) is 2.61. The van der Waals surface area contributed by atoms with Crippen molar-refractivity contribution >= 4 is 6.03 Å². The first-order valence-corrected chi connectivity index (χ1v) is 8.25. The van der Waals surface area contributed by atoms with E-state index in [-0.39, 0.29) is 12.8 Å². The topological polar surface area (TPSA) is 60.0 Å². The van der Waals surface area contributed by atoms with Crippen LogP contribution in [0.25, 0.3) is 0 Å². The van der Waals surface area contributed by atoms with Gasteiger partial charge in [0.25, 0.3) is 0 Å². The van der Waals surface area contributed by atoms with Crippen LogP contribution in [-0.4, -0.2) is 31.4 Å². The number of carbonyl (C=O) groups is 1. The lowest BCUT2D eigenvalue weighted by atomic mass is 10.2. The Labute approximate surface area is 147 Å². The zero-order valence-corrected chi connectivity index (χ0v) is 14.5. The summed E-state index contributed by atoms with van der Waals surface area (Å²) < 4.78 is 16.1. The van der Waals surface area contributed by atoms with Gasteiger partial charge in [-0.15, -0.1) is 0 Å². The number of ether oxygens (including phenoxy) is 3. The van der Waals surface area contributed by atoms with Crippen molar-refractivity contribution in [1.82, 2.24) is 10.2 Å². The Kier molecular flexibility index (Phi) is 5.28. The average molecular weight is 342 g/mol. The van der Waals surface area contributed by atoms with E-state index < -0.39 is 0 Å². The van der Waals surface area contributed by atoms with E-state index in [1.54, 1.807) is 11.9 Å². The van der Waals surface area contributed by atoms with Gasteiger partial charge in [0, 0.05) is 20.1 Å². The smallest absolute Gasteiger partial charge is 0.317 e. The van der Waals surface area contributed by atoms with E-state index in [1.807, 2.05) is 49.4 Å². The number of carbonyl (C=O) groups excluding carboxylic acids is 1. The van der Waals surface area contributed by atoms with Gasteiger partial charge >= 0.3 is 6.03 Å². The van der Waals surface area contributed by atoms with Crippen molar-refractivity contribution in [2.75, 3.05) is 20.4 Å². The van der Waals surface area contributed by atoms with Gasteiger partial charge in [-0.2, -0.15) is 0 Å². The monoisotopic (exact) mass is 342 g/mol. The molecule has 0 aromatic heterocycles. The molecule has 0 saturated heterocycles. The Morgan fingerprint density at radius 2 is 2.00 bits per heavy atom. The number of hydrogen-bond donors (Lipinski definition) is 1. The maximum absolute atomic E-state index is 12.3. The summed E-state index contributed by atoms with van der Waals surface area (Å²) in [5.74, 6) is 2.27. The van der Waals surface area contributed by atoms with Crippen LogP contribution < -0.4 is 19.5 Å². The molecule has 2 aromatic carbocycles. The number of hydrogen-bond acceptors (Lipinski definition) is 4. The molecule has 0 atom stereocenters. The highest BCUT2D eigenvalue weighted by Gasteiger charge is 2.15. The van der Waals surface area contributed by atoms with Gasteiger partial charge in [0.2, 0.25) is 6.79 Å². The number of urea groups is 1. The number of nitrogens with one attached hydrogen (secondary N) is 1. The summed E-state index contributed by atoms with van der Waals surface area (Å²) in [5, 5.41) is 2.92. The van der Waals surface area contributed by atoms with Crippen LogP contribution in [0.3, 0.4) is 0 Å². The van der Waals surface area contributed by atoms with E-state index in [0.717, 1.165) is 28.4 Å². The normalized spacial score (nSPS) is 11.9. The van der Waals surface area contributed by atoms with E-state index in [4.69, 9.17) is 14.2 Å². The van der Waals surface area contributed by atoms with Crippen molar-refractivity contribution in [1.29, 1.82) is 0 Å². The number of amides is 2. The van der Waals surface area contributed by atoms with Crippen molar-refractivity contribution in [2.24, 2.45) is 0 Å². The fraction of sp³-hybridized carbons (Fsp3) is 0.316. The molecule has 0 aliphatic carbocycles. The zero-order chi connectivity index (χ0) is 17.6. The largest absolute Gasteiger partial charge is 0.494 e. The van der Waals surface area contributed by atoms with Crippen LogP contribution in [0, 0.1) is 0 Å². The number of fused-ring (bicyclic) bond motifs is 1. The summed E-state index contributed by atoms with van der Waals surface area (Å²) in [5.41, 5.74) is 1.98. The molecule has 0 bridgehead atoms. The van der Waals surface area contributed by atoms with Gasteiger partial charge in [0.15, 0.2) is 11.5 Å². The maximum Gasteiger partial charge on any atom is 0.317 e. The van der Waals surface area contributed by atoms with Gasteiger partial charge < -0.3 is 24.4 Å². The van der Waals surface area contributed by atoms with Crippen molar-refractivity contribution < 1.29 is 19.0 Å². The molecule has 25 heavy (non-hydrogen) atoms. The Morgan fingerprint density at radius 1 is 1.16 bits per heavy atom. The minimum absolute atomic E-state index is 0.139. The van der Waals surface area contributed by atoms with Crippen LogP contribution in [-0.2, 0) is 13.1 Å². The second kappa shape index (κ2) is 7.79. The lowest BCUT2D eigenvalue weighted by molar-refractivity contribution is 0.174. The second-order valence-electron chi connectivity index (χ2n) is 5.78. The van der Waals surface area contributed by atoms with Crippen LogP contribution in [0.4, 0.5) is 4.79 Å². The second-order valence-corrected chi connectivity index (χ2v) is 5.78. The molecule has 6 nitrogen and oxygen atoms in total. The maximum atomic E-state index is 12.3. The van der Waals surface area contributed by atoms with Crippen LogP contribution in [0.1, 0.15) is 18.1 Å². The predicted molar refractivity (Wildman–Crippen MR) is 93.9 cm³/mol. The Hall–Kier alpha value is -2.89. The molecule has 1 aliphatic rings. The number of rotatable bonds is 6. The molecule has 2 aromatic rings. The lowest BCUT2D eigenvalue weighted by Crippen LogP contribution is -2.36. The number of benzene rings is 2. The van der Waals surface area contributed by atoms with Gasteiger partial charge in [-0.25, -0.2) is 4.79 Å². The lowest BCUT2D eigenvalue weighted by Gasteiger charge is -2.18. The summed E-state index contributed by atoms with van der Waals surface area (Å²) in [4.78, 5) is 13.9. The molecule has 132 valence electrons. The van der Waals surface area contributed by atoms with E-state index in [0.29, 0.717) is 19.7 Å². The standard InChI is InChI=1S/C19H22N2O4/c1-3-23-16-6-4-5-14(9-16)11-20-19(22)21(2)12-15-7-8-17-18(10-15)25-13-24-17/h4-10H,3,11-13H2,1-2H3,(H,20,22). The van der Waals surface area contributed by atoms with E-state index >= 15 is 0 Å². The van der Waals surface area contributed by atoms with Crippen LogP contribution in [0.2, 0.25) is 0 Å². The highest BCUT2D eigenvalue weighted by molar-refractivity contribution is 5.73.